The fraction of sp³-hybridized carbons (Fsp3) is 0.938. The summed E-state index contributed by atoms with van der Waals surface area (Å²) in [7, 11) is 0. The molecule has 4 heteroatoms. The summed E-state index contributed by atoms with van der Waals surface area (Å²) in [5, 5.41) is 4.24. The summed E-state index contributed by atoms with van der Waals surface area (Å²) in [5.74, 6) is 1.53. The number of carbonyl (C=O) groups is 1. The molecule has 0 bridgehead atoms. The van der Waals surface area contributed by atoms with E-state index in [1.54, 1.807) is 0 Å². The predicted molar refractivity (Wildman–Crippen MR) is 86.9 cm³/mol. The molecule has 4 atom stereocenters. The van der Waals surface area contributed by atoms with Crippen molar-refractivity contribution < 1.29 is 4.79 Å². The van der Waals surface area contributed by atoms with Crippen LogP contribution in [0.25, 0.3) is 0 Å². The summed E-state index contributed by atoms with van der Waals surface area (Å²) in [5.41, 5.74) is 0. The number of hydrogen-bond acceptors (Lipinski definition) is 3. The average Bonchev–Trinajstić information content (AvgIpc) is 3.01. The molecule has 0 aromatic carbocycles. The van der Waals surface area contributed by atoms with Crippen LogP contribution in [-0.4, -0.2) is 40.1 Å². The Balaban J connectivity index is 2.06. The standard InChI is InChI=1S/C16H30N2OS/c1-4-7-9-12-16(19)18(15(5-2)17-12)13-10-8-11-14(13)20-6-3/h12-15,17H,4-11H2,1-3H3. The quantitative estimate of drug-likeness (QED) is 0.782. The van der Waals surface area contributed by atoms with E-state index in [0.717, 1.165) is 25.0 Å². The summed E-state index contributed by atoms with van der Waals surface area (Å²) < 4.78 is 0. The van der Waals surface area contributed by atoms with Crippen LogP contribution in [0.4, 0.5) is 0 Å². The van der Waals surface area contributed by atoms with Crippen LogP contribution in [0.2, 0.25) is 0 Å². The second kappa shape index (κ2) is 7.69. The summed E-state index contributed by atoms with van der Waals surface area (Å²) in [6, 6.07) is 0.546. The highest BCUT2D eigenvalue weighted by atomic mass is 32.2. The van der Waals surface area contributed by atoms with Gasteiger partial charge >= 0.3 is 0 Å². The van der Waals surface area contributed by atoms with E-state index < -0.39 is 0 Å². The third-order valence-corrected chi connectivity index (χ3v) is 5.98. The molecule has 0 spiro atoms. The molecule has 4 unspecified atom stereocenters. The summed E-state index contributed by atoms with van der Waals surface area (Å²) in [6.45, 7) is 6.61. The maximum atomic E-state index is 12.8. The Morgan fingerprint density at radius 2 is 2.10 bits per heavy atom. The molecule has 2 aliphatic rings. The van der Waals surface area contributed by atoms with Crippen molar-refractivity contribution in [2.24, 2.45) is 0 Å². The largest absolute Gasteiger partial charge is 0.322 e. The maximum absolute atomic E-state index is 12.8. The van der Waals surface area contributed by atoms with Crippen LogP contribution in [0, 0.1) is 0 Å². The van der Waals surface area contributed by atoms with E-state index >= 15 is 0 Å². The molecule has 1 heterocycles. The second-order valence-corrected chi connectivity index (χ2v) is 7.54. The van der Waals surface area contributed by atoms with Crippen molar-refractivity contribution >= 4 is 17.7 Å². The van der Waals surface area contributed by atoms with Crippen LogP contribution in [0.5, 0.6) is 0 Å². The highest BCUT2D eigenvalue weighted by Crippen LogP contribution is 2.36. The van der Waals surface area contributed by atoms with Crippen LogP contribution in [-0.2, 0) is 4.79 Å². The molecule has 1 amide bonds. The Hall–Kier alpha value is -0.220. The molecule has 0 aromatic heterocycles. The van der Waals surface area contributed by atoms with Gasteiger partial charge in [0.05, 0.1) is 12.2 Å². The lowest BCUT2D eigenvalue weighted by atomic mass is 10.1. The van der Waals surface area contributed by atoms with E-state index in [2.05, 4.69) is 31.0 Å². The fourth-order valence-electron chi connectivity index (χ4n) is 3.67. The van der Waals surface area contributed by atoms with E-state index in [9.17, 15) is 4.79 Å². The molecule has 116 valence electrons. The highest BCUT2D eigenvalue weighted by Gasteiger charge is 2.44. The van der Waals surface area contributed by atoms with E-state index in [-0.39, 0.29) is 12.2 Å². The predicted octanol–water partition coefficient (Wildman–Crippen LogP) is 3.39. The van der Waals surface area contributed by atoms with Crippen LogP contribution in [0.3, 0.4) is 0 Å². The number of hydrogen-bond donors (Lipinski definition) is 1. The van der Waals surface area contributed by atoms with Gasteiger partial charge in [0.15, 0.2) is 0 Å². The number of rotatable bonds is 7. The molecule has 0 radical (unpaired) electrons. The van der Waals surface area contributed by atoms with Gasteiger partial charge in [-0.3, -0.25) is 10.1 Å². The van der Waals surface area contributed by atoms with Crippen molar-refractivity contribution in [2.45, 2.75) is 89.2 Å². The minimum atomic E-state index is 0.0766. The van der Waals surface area contributed by atoms with E-state index in [0.29, 0.717) is 17.2 Å². The van der Waals surface area contributed by atoms with Crippen LogP contribution in [0.1, 0.15) is 65.7 Å². The summed E-state index contributed by atoms with van der Waals surface area (Å²) >= 11 is 2.05. The van der Waals surface area contributed by atoms with Crippen LogP contribution < -0.4 is 5.32 Å². The third kappa shape index (κ3) is 3.33. The summed E-state index contributed by atoms with van der Waals surface area (Å²) in [4.78, 5) is 15.0. The zero-order valence-corrected chi connectivity index (χ0v) is 14.0. The Kier molecular flexibility index (Phi) is 6.21. The van der Waals surface area contributed by atoms with Crippen molar-refractivity contribution in [2.75, 3.05) is 5.75 Å². The van der Waals surface area contributed by atoms with Crippen LogP contribution in [0.15, 0.2) is 0 Å². The van der Waals surface area contributed by atoms with Gasteiger partial charge in [-0.1, -0.05) is 40.0 Å². The molecule has 1 aliphatic carbocycles. The van der Waals surface area contributed by atoms with Gasteiger partial charge in [0.1, 0.15) is 0 Å². The van der Waals surface area contributed by atoms with Gasteiger partial charge in [0, 0.05) is 11.3 Å². The van der Waals surface area contributed by atoms with Gasteiger partial charge in [-0.25, -0.2) is 0 Å². The molecule has 20 heavy (non-hydrogen) atoms. The smallest absolute Gasteiger partial charge is 0.241 e. The Morgan fingerprint density at radius 3 is 2.75 bits per heavy atom. The van der Waals surface area contributed by atoms with Crippen molar-refractivity contribution in [3.63, 3.8) is 0 Å². The Labute approximate surface area is 128 Å². The van der Waals surface area contributed by atoms with Crippen molar-refractivity contribution in [3.8, 4) is 0 Å². The number of unbranched alkanes of at least 4 members (excludes halogenated alkanes) is 1. The van der Waals surface area contributed by atoms with Gasteiger partial charge in [-0.15, -0.1) is 0 Å². The highest BCUT2D eigenvalue weighted by molar-refractivity contribution is 7.99. The van der Waals surface area contributed by atoms with Crippen LogP contribution >= 0.6 is 11.8 Å². The number of nitrogens with zero attached hydrogens (tertiary/aromatic N) is 1. The molecule has 1 saturated heterocycles. The normalized spacial score (nSPS) is 34.1. The van der Waals surface area contributed by atoms with Crippen molar-refractivity contribution in [1.82, 2.24) is 10.2 Å². The first kappa shape index (κ1) is 16.2. The van der Waals surface area contributed by atoms with Crippen molar-refractivity contribution in [3.05, 3.63) is 0 Å². The Bertz CT molecular complexity index is 324. The number of nitrogens with one attached hydrogen (secondary N) is 1. The molecular weight excluding hydrogens is 268 g/mol. The number of thioether (sulfide) groups is 1. The molecule has 0 aromatic rings. The summed E-state index contributed by atoms with van der Waals surface area (Å²) in [6.07, 6.45) is 8.36. The first-order valence-electron chi connectivity index (χ1n) is 8.42. The first-order chi connectivity index (χ1) is 9.72. The van der Waals surface area contributed by atoms with Gasteiger partial charge in [0.2, 0.25) is 5.91 Å². The van der Waals surface area contributed by atoms with Gasteiger partial charge < -0.3 is 4.90 Å². The number of carbonyl (C=O) groups excluding carboxylic acids is 1. The van der Waals surface area contributed by atoms with E-state index in [1.807, 2.05) is 11.8 Å². The lowest BCUT2D eigenvalue weighted by Gasteiger charge is -2.33. The zero-order valence-electron chi connectivity index (χ0n) is 13.2. The second-order valence-electron chi connectivity index (χ2n) is 6.02. The lowest BCUT2D eigenvalue weighted by molar-refractivity contribution is -0.132. The molecule has 2 fully saturated rings. The minimum Gasteiger partial charge on any atom is -0.322 e. The average molecular weight is 298 g/mol. The number of amides is 1. The van der Waals surface area contributed by atoms with Gasteiger partial charge in [0.25, 0.3) is 0 Å². The monoisotopic (exact) mass is 298 g/mol. The molecule has 1 aliphatic heterocycles. The van der Waals surface area contributed by atoms with E-state index in [4.69, 9.17) is 0 Å². The van der Waals surface area contributed by atoms with E-state index in [1.165, 1.54) is 25.7 Å². The maximum Gasteiger partial charge on any atom is 0.241 e. The molecule has 1 saturated carbocycles. The minimum absolute atomic E-state index is 0.0766. The third-order valence-electron chi connectivity index (χ3n) is 4.67. The van der Waals surface area contributed by atoms with Gasteiger partial charge in [-0.05, 0) is 31.4 Å². The fourth-order valence-corrected chi connectivity index (χ4v) is 4.93. The topological polar surface area (TPSA) is 32.3 Å². The first-order valence-corrected chi connectivity index (χ1v) is 9.47. The molecule has 1 N–H and O–H groups in total. The Morgan fingerprint density at radius 1 is 1.30 bits per heavy atom. The van der Waals surface area contributed by atoms with Crippen molar-refractivity contribution in [1.29, 1.82) is 0 Å². The zero-order chi connectivity index (χ0) is 14.5. The SMILES string of the molecule is CCCCC1NC(CC)N(C2CCCC2SCC)C1=O. The van der Waals surface area contributed by atoms with Gasteiger partial charge in [-0.2, -0.15) is 11.8 Å². The molecule has 3 nitrogen and oxygen atoms in total. The molecular formula is C16H30N2OS. The molecule has 2 rings (SSSR count). The lowest BCUT2D eigenvalue weighted by Crippen LogP contribution is -2.47.